The largest absolute Gasteiger partial charge is 0.461 e. The number of furan rings is 1. The van der Waals surface area contributed by atoms with Gasteiger partial charge in [-0.05, 0) is 32.9 Å². The molecule has 1 amide bonds. The lowest BCUT2D eigenvalue weighted by Crippen LogP contribution is -2.28. The third-order valence-electron chi connectivity index (χ3n) is 2.13. The van der Waals surface area contributed by atoms with Crippen LogP contribution in [0.4, 0.5) is 10.6 Å². The summed E-state index contributed by atoms with van der Waals surface area (Å²) in [4.78, 5) is 29.8. The van der Waals surface area contributed by atoms with Gasteiger partial charge in [0, 0.05) is 6.07 Å². The van der Waals surface area contributed by atoms with Crippen molar-refractivity contribution in [3.63, 3.8) is 0 Å². The topological polar surface area (TPSA) is 97.2 Å². The minimum Gasteiger partial charge on any atom is -0.461 e. The number of H-pyrrole nitrogens is 1. The number of anilines is 1. The van der Waals surface area contributed by atoms with Crippen LogP contribution in [0.1, 0.15) is 20.8 Å². The van der Waals surface area contributed by atoms with Gasteiger partial charge in [-0.1, -0.05) is 0 Å². The van der Waals surface area contributed by atoms with Crippen LogP contribution >= 0.6 is 0 Å². The summed E-state index contributed by atoms with van der Waals surface area (Å²) in [5.74, 6) is 0.720. The van der Waals surface area contributed by atoms with E-state index in [4.69, 9.17) is 9.15 Å². The molecule has 2 N–H and O–H groups in total. The third-order valence-corrected chi connectivity index (χ3v) is 2.13. The van der Waals surface area contributed by atoms with Crippen LogP contribution in [0.5, 0.6) is 0 Å². The first-order valence-electron chi connectivity index (χ1n) is 5.99. The van der Waals surface area contributed by atoms with E-state index in [1.807, 2.05) is 0 Å². The Morgan fingerprint density at radius 3 is 2.80 bits per heavy atom. The molecule has 0 unspecified atom stereocenters. The molecule has 2 aromatic heterocycles. The SMILES string of the molecule is CC(C)(C)OC(=O)Nc1cc(=O)[nH]c(-c2ccco2)n1. The van der Waals surface area contributed by atoms with E-state index in [1.165, 1.54) is 6.26 Å². The fraction of sp³-hybridized carbons (Fsp3) is 0.308. The Hall–Kier alpha value is -2.57. The first-order valence-corrected chi connectivity index (χ1v) is 5.99. The second-order valence-electron chi connectivity index (χ2n) is 5.08. The van der Waals surface area contributed by atoms with Crippen LogP contribution in [0.3, 0.4) is 0 Å². The molecule has 0 saturated carbocycles. The minimum atomic E-state index is -0.680. The van der Waals surface area contributed by atoms with E-state index in [2.05, 4.69) is 15.3 Å². The summed E-state index contributed by atoms with van der Waals surface area (Å²) in [5.41, 5.74) is -1.03. The van der Waals surface area contributed by atoms with E-state index in [0.717, 1.165) is 6.07 Å². The van der Waals surface area contributed by atoms with Crippen molar-refractivity contribution in [3.8, 4) is 11.6 Å². The Balaban J connectivity index is 2.21. The molecular weight excluding hydrogens is 262 g/mol. The van der Waals surface area contributed by atoms with Crippen molar-refractivity contribution in [2.24, 2.45) is 0 Å². The first kappa shape index (κ1) is 13.9. The molecule has 0 fully saturated rings. The maximum atomic E-state index is 11.6. The third kappa shape index (κ3) is 3.71. The molecule has 0 aliphatic carbocycles. The van der Waals surface area contributed by atoms with Gasteiger partial charge in [-0.2, -0.15) is 0 Å². The maximum absolute atomic E-state index is 11.6. The van der Waals surface area contributed by atoms with Gasteiger partial charge in [-0.25, -0.2) is 9.78 Å². The molecule has 0 aliphatic rings. The smallest absolute Gasteiger partial charge is 0.413 e. The number of carbonyl (C=O) groups excluding carboxylic acids is 1. The predicted octanol–water partition coefficient (Wildman–Crippen LogP) is 2.38. The van der Waals surface area contributed by atoms with Gasteiger partial charge in [0.2, 0.25) is 0 Å². The highest BCUT2D eigenvalue weighted by Crippen LogP contribution is 2.15. The van der Waals surface area contributed by atoms with Gasteiger partial charge in [0.05, 0.1) is 6.26 Å². The van der Waals surface area contributed by atoms with Gasteiger partial charge in [0.15, 0.2) is 11.6 Å². The highest BCUT2D eigenvalue weighted by Gasteiger charge is 2.17. The van der Waals surface area contributed by atoms with E-state index >= 15 is 0 Å². The average molecular weight is 277 g/mol. The minimum absolute atomic E-state index is 0.0920. The van der Waals surface area contributed by atoms with Crippen LogP contribution in [0.2, 0.25) is 0 Å². The Bertz CT molecular complexity index is 653. The molecule has 0 aromatic carbocycles. The number of carbonyl (C=O) groups is 1. The van der Waals surface area contributed by atoms with Gasteiger partial charge in [-0.3, -0.25) is 10.1 Å². The average Bonchev–Trinajstić information content (AvgIpc) is 2.78. The Morgan fingerprint density at radius 2 is 2.20 bits per heavy atom. The van der Waals surface area contributed by atoms with E-state index < -0.39 is 17.3 Å². The van der Waals surface area contributed by atoms with Gasteiger partial charge < -0.3 is 14.1 Å². The number of hydrogen-bond donors (Lipinski definition) is 2. The molecule has 2 aromatic rings. The van der Waals surface area contributed by atoms with E-state index in [9.17, 15) is 9.59 Å². The number of rotatable bonds is 2. The summed E-state index contributed by atoms with van der Waals surface area (Å²) >= 11 is 0. The van der Waals surface area contributed by atoms with Gasteiger partial charge in [0.25, 0.3) is 5.56 Å². The molecule has 0 radical (unpaired) electrons. The lowest BCUT2D eigenvalue weighted by molar-refractivity contribution is 0.0635. The van der Waals surface area contributed by atoms with Gasteiger partial charge >= 0.3 is 6.09 Å². The number of nitrogens with one attached hydrogen (secondary N) is 2. The predicted molar refractivity (Wildman–Crippen MR) is 72.4 cm³/mol. The monoisotopic (exact) mass is 277 g/mol. The molecule has 7 nitrogen and oxygen atoms in total. The maximum Gasteiger partial charge on any atom is 0.413 e. The summed E-state index contributed by atoms with van der Waals surface area (Å²) in [6.45, 7) is 5.23. The lowest BCUT2D eigenvalue weighted by Gasteiger charge is -2.19. The molecule has 2 heterocycles. The summed E-state index contributed by atoms with van der Waals surface area (Å²) in [6.07, 6.45) is 0.782. The zero-order valence-electron chi connectivity index (χ0n) is 11.4. The zero-order valence-corrected chi connectivity index (χ0v) is 11.4. The Labute approximate surface area is 115 Å². The number of amides is 1. The first-order chi connectivity index (χ1) is 9.33. The standard InChI is InChI=1S/C13H15N3O4/c1-13(2,3)20-12(18)15-9-7-10(17)16-11(14-9)8-5-4-6-19-8/h4-7H,1-3H3,(H2,14,15,16,17,18). The number of aromatic nitrogens is 2. The second-order valence-corrected chi connectivity index (χ2v) is 5.08. The fourth-order valence-corrected chi connectivity index (χ4v) is 1.46. The molecule has 106 valence electrons. The van der Waals surface area contributed by atoms with Crippen molar-refractivity contribution in [1.82, 2.24) is 9.97 Å². The normalized spacial score (nSPS) is 11.2. The van der Waals surface area contributed by atoms with Crippen LogP contribution < -0.4 is 10.9 Å². The van der Waals surface area contributed by atoms with Crippen molar-refractivity contribution < 1.29 is 13.9 Å². The summed E-state index contributed by atoms with van der Waals surface area (Å²) in [5, 5.41) is 2.41. The van der Waals surface area contributed by atoms with E-state index in [1.54, 1.807) is 32.9 Å². The number of hydrogen-bond acceptors (Lipinski definition) is 5. The molecular formula is C13H15N3O4. The molecule has 0 saturated heterocycles. The van der Waals surface area contributed by atoms with Crippen molar-refractivity contribution in [2.75, 3.05) is 5.32 Å². The Kier molecular flexibility index (Phi) is 3.60. The molecule has 0 aliphatic heterocycles. The van der Waals surface area contributed by atoms with Crippen LogP contribution in [0.15, 0.2) is 33.7 Å². The van der Waals surface area contributed by atoms with E-state index in [-0.39, 0.29) is 11.6 Å². The lowest BCUT2D eigenvalue weighted by atomic mass is 10.2. The van der Waals surface area contributed by atoms with Crippen molar-refractivity contribution in [3.05, 3.63) is 34.8 Å². The number of ether oxygens (including phenoxy) is 1. The highest BCUT2D eigenvalue weighted by molar-refractivity contribution is 5.83. The summed E-state index contributed by atoms with van der Waals surface area (Å²) in [6, 6.07) is 4.48. The van der Waals surface area contributed by atoms with Crippen LogP contribution in [0.25, 0.3) is 11.6 Å². The molecule has 2 rings (SSSR count). The van der Waals surface area contributed by atoms with Gasteiger partial charge in [0.1, 0.15) is 11.4 Å². The van der Waals surface area contributed by atoms with Crippen LogP contribution in [0, 0.1) is 0 Å². The quantitative estimate of drug-likeness (QED) is 0.878. The molecule has 20 heavy (non-hydrogen) atoms. The number of aromatic amines is 1. The number of nitrogens with zero attached hydrogens (tertiary/aromatic N) is 1. The molecule has 7 heteroatoms. The fourth-order valence-electron chi connectivity index (χ4n) is 1.46. The summed E-state index contributed by atoms with van der Waals surface area (Å²) in [7, 11) is 0. The van der Waals surface area contributed by atoms with Crippen molar-refractivity contribution >= 4 is 11.9 Å². The zero-order chi connectivity index (χ0) is 14.8. The van der Waals surface area contributed by atoms with E-state index in [0.29, 0.717) is 5.76 Å². The highest BCUT2D eigenvalue weighted by atomic mass is 16.6. The van der Waals surface area contributed by atoms with Gasteiger partial charge in [-0.15, -0.1) is 0 Å². The molecule has 0 bridgehead atoms. The molecule has 0 atom stereocenters. The second kappa shape index (κ2) is 5.20. The summed E-state index contributed by atoms with van der Waals surface area (Å²) < 4.78 is 10.2. The Morgan fingerprint density at radius 1 is 1.45 bits per heavy atom. The van der Waals surface area contributed by atoms with Crippen LogP contribution in [-0.4, -0.2) is 21.7 Å². The van der Waals surface area contributed by atoms with Crippen molar-refractivity contribution in [2.45, 2.75) is 26.4 Å². The molecule has 0 spiro atoms. The van der Waals surface area contributed by atoms with Crippen LogP contribution in [-0.2, 0) is 4.74 Å². The van der Waals surface area contributed by atoms with Crippen molar-refractivity contribution in [1.29, 1.82) is 0 Å².